The van der Waals surface area contributed by atoms with E-state index in [2.05, 4.69) is 5.32 Å². The summed E-state index contributed by atoms with van der Waals surface area (Å²) in [6.45, 7) is 3.33. The third kappa shape index (κ3) is 4.81. The third-order valence-electron chi connectivity index (χ3n) is 2.55. The number of nitrogens with two attached hydrogens (primary N) is 1. The van der Waals surface area contributed by atoms with Crippen LogP contribution in [0, 0.1) is 6.92 Å². The second-order valence-corrected chi connectivity index (χ2v) is 8.33. The SMILES string of the molecule is Cc1c(NC(C)CS(C)(=O)=O)cccc1S(N)(=O)=O. The molecule has 0 spiro atoms. The highest BCUT2D eigenvalue weighted by Gasteiger charge is 2.16. The Morgan fingerprint density at radius 3 is 2.32 bits per heavy atom. The molecule has 1 aromatic carbocycles. The quantitative estimate of drug-likeness (QED) is 0.823. The summed E-state index contributed by atoms with van der Waals surface area (Å²) in [6, 6.07) is 4.33. The predicted molar refractivity (Wildman–Crippen MR) is 75.3 cm³/mol. The van der Waals surface area contributed by atoms with Crippen molar-refractivity contribution in [2.75, 3.05) is 17.3 Å². The molecule has 0 saturated carbocycles. The summed E-state index contributed by atoms with van der Waals surface area (Å²) in [4.78, 5) is 0.0315. The summed E-state index contributed by atoms with van der Waals surface area (Å²) in [7, 11) is -6.89. The Morgan fingerprint density at radius 2 is 1.84 bits per heavy atom. The van der Waals surface area contributed by atoms with Gasteiger partial charge in [-0.2, -0.15) is 0 Å². The maximum Gasteiger partial charge on any atom is 0.238 e. The monoisotopic (exact) mass is 306 g/mol. The van der Waals surface area contributed by atoms with Crippen LogP contribution in [0.25, 0.3) is 0 Å². The molecule has 0 fully saturated rings. The summed E-state index contributed by atoms with van der Waals surface area (Å²) in [5.41, 5.74) is 1.04. The zero-order chi connectivity index (χ0) is 14.8. The average molecular weight is 306 g/mol. The zero-order valence-electron chi connectivity index (χ0n) is 11.0. The minimum absolute atomic E-state index is 0.0315. The van der Waals surface area contributed by atoms with Gasteiger partial charge < -0.3 is 5.32 Å². The van der Waals surface area contributed by atoms with Crippen molar-refractivity contribution in [2.45, 2.75) is 24.8 Å². The lowest BCUT2D eigenvalue weighted by Crippen LogP contribution is -2.25. The van der Waals surface area contributed by atoms with Crippen LogP contribution in [0.2, 0.25) is 0 Å². The number of benzene rings is 1. The molecule has 0 radical (unpaired) electrons. The third-order valence-corrected chi connectivity index (χ3v) is 4.71. The van der Waals surface area contributed by atoms with Crippen LogP contribution in [0.15, 0.2) is 23.1 Å². The summed E-state index contributed by atoms with van der Waals surface area (Å²) >= 11 is 0. The number of hydrogen-bond donors (Lipinski definition) is 2. The zero-order valence-corrected chi connectivity index (χ0v) is 12.7. The van der Waals surface area contributed by atoms with E-state index in [9.17, 15) is 16.8 Å². The molecule has 3 N–H and O–H groups in total. The van der Waals surface area contributed by atoms with Crippen LogP contribution in [0.3, 0.4) is 0 Å². The molecule has 1 rings (SSSR count). The van der Waals surface area contributed by atoms with Gasteiger partial charge in [0.15, 0.2) is 0 Å². The van der Waals surface area contributed by atoms with Crippen molar-refractivity contribution in [3.05, 3.63) is 23.8 Å². The van der Waals surface area contributed by atoms with Gasteiger partial charge in [-0.25, -0.2) is 22.0 Å². The molecule has 1 aromatic rings. The Hall–Kier alpha value is -1.12. The maximum atomic E-state index is 11.4. The van der Waals surface area contributed by atoms with E-state index >= 15 is 0 Å². The molecular formula is C11H18N2O4S2. The molecule has 1 unspecified atom stereocenters. The highest BCUT2D eigenvalue weighted by Crippen LogP contribution is 2.22. The van der Waals surface area contributed by atoms with Crippen molar-refractivity contribution in [2.24, 2.45) is 5.14 Å². The van der Waals surface area contributed by atoms with E-state index in [0.29, 0.717) is 11.3 Å². The molecule has 0 aliphatic rings. The van der Waals surface area contributed by atoms with E-state index in [4.69, 9.17) is 5.14 Å². The van der Waals surface area contributed by atoms with Crippen LogP contribution in [0.4, 0.5) is 5.69 Å². The van der Waals surface area contributed by atoms with Crippen molar-refractivity contribution in [3.63, 3.8) is 0 Å². The molecule has 8 heteroatoms. The molecule has 0 heterocycles. The van der Waals surface area contributed by atoms with E-state index in [1.807, 2.05) is 0 Å². The summed E-state index contributed by atoms with van der Waals surface area (Å²) in [5, 5.41) is 8.09. The van der Waals surface area contributed by atoms with Gasteiger partial charge in [-0.1, -0.05) is 6.07 Å². The molecular weight excluding hydrogens is 288 g/mol. The van der Waals surface area contributed by atoms with Gasteiger partial charge in [0.1, 0.15) is 9.84 Å². The molecule has 0 aromatic heterocycles. The number of sulfone groups is 1. The first-order valence-electron chi connectivity index (χ1n) is 5.57. The molecule has 0 aliphatic heterocycles. The highest BCUT2D eigenvalue weighted by molar-refractivity contribution is 7.90. The second-order valence-electron chi connectivity index (χ2n) is 4.61. The molecule has 6 nitrogen and oxygen atoms in total. The fourth-order valence-corrected chi connectivity index (χ4v) is 3.64. The van der Waals surface area contributed by atoms with Gasteiger partial charge in [-0.3, -0.25) is 0 Å². The van der Waals surface area contributed by atoms with Crippen molar-refractivity contribution >= 4 is 25.5 Å². The first-order chi connectivity index (χ1) is 8.50. The van der Waals surface area contributed by atoms with E-state index < -0.39 is 19.9 Å². The fourth-order valence-electron chi connectivity index (χ4n) is 1.84. The Bertz CT molecular complexity index is 666. The number of nitrogens with one attached hydrogen (secondary N) is 1. The lowest BCUT2D eigenvalue weighted by atomic mass is 10.2. The minimum atomic E-state index is -3.79. The summed E-state index contributed by atoms with van der Waals surface area (Å²) in [6.07, 6.45) is 1.15. The van der Waals surface area contributed by atoms with E-state index in [1.54, 1.807) is 26.0 Å². The van der Waals surface area contributed by atoms with Gasteiger partial charge in [0.25, 0.3) is 0 Å². The Labute approximate surface area is 114 Å². The number of sulfonamides is 1. The molecule has 108 valence electrons. The molecule has 0 aliphatic carbocycles. The largest absolute Gasteiger partial charge is 0.381 e. The first kappa shape index (κ1) is 15.9. The lowest BCUT2D eigenvalue weighted by molar-refractivity contribution is 0.595. The van der Waals surface area contributed by atoms with Gasteiger partial charge in [0.05, 0.1) is 10.6 Å². The van der Waals surface area contributed by atoms with Crippen molar-refractivity contribution < 1.29 is 16.8 Å². The number of primary sulfonamides is 1. The normalized spacial score (nSPS) is 14.1. The second kappa shape index (κ2) is 5.48. The topological polar surface area (TPSA) is 106 Å². The standard InChI is InChI=1S/C11H18N2O4S2/c1-8(7-18(3,14)15)13-10-5-4-6-11(9(10)2)19(12,16)17/h4-6,8,13H,7H2,1-3H3,(H2,12,16,17). The summed E-state index contributed by atoms with van der Waals surface area (Å²) in [5.74, 6) is -0.0357. The Morgan fingerprint density at radius 1 is 1.26 bits per heavy atom. The van der Waals surface area contributed by atoms with Crippen LogP contribution >= 0.6 is 0 Å². The molecule has 0 saturated heterocycles. The number of hydrogen-bond acceptors (Lipinski definition) is 5. The number of anilines is 1. The van der Waals surface area contributed by atoms with Gasteiger partial charge in [0, 0.05) is 18.0 Å². The Balaban J connectivity index is 3.04. The fraction of sp³-hybridized carbons (Fsp3) is 0.455. The van der Waals surface area contributed by atoms with Crippen LogP contribution in [-0.4, -0.2) is 34.9 Å². The van der Waals surface area contributed by atoms with Crippen molar-refractivity contribution in [1.82, 2.24) is 0 Å². The first-order valence-corrected chi connectivity index (χ1v) is 9.18. The van der Waals surface area contributed by atoms with Gasteiger partial charge in [-0.05, 0) is 31.5 Å². The predicted octanol–water partition coefficient (Wildman–Crippen LogP) is 0.487. The van der Waals surface area contributed by atoms with E-state index in [-0.39, 0.29) is 16.7 Å². The molecule has 0 bridgehead atoms. The van der Waals surface area contributed by atoms with Crippen LogP contribution < -0.4 is 10.5 Å². The minimum Gasteiger partial charge on any atom is -0.381 e. The lowest BCUT2D eigenvalue weighted by Gasteiger charge is -2.17. The van der Waals surface area contributed by atoms with Crippen LogP contribution in [0.1, 0.15) is 12.5 Å². The number of rotatable bonds is 5. The van der Waals surface area contributed by atoms with Gasteiger partial charge in [0.2, 0.25) is 10.0 Å². The highest BCUT2D eigenvalue weighted by atomic mass is 32.2. The van der Waals surface area contributed by atoms with Crippen LogP contribution in [0.5, 0.6) is 0 Å². The average Bonchev–Trinajstić information content (AvgIpc) is 2.16. The van der Waals surface area contributed by atoms with Crippen LogP contribution in [-0.2, 0) is 19.9 Å². The molecule has 0 amide bonds. The van der Waals surface area contributed by atoms with Crippen molar-refractivity contribution in [1.29, 1.82) is 0 Å². The Kier molecular flexibility index (Phi) is 4.59. The van der Waals surface area contributed by atoms with Gasteiger partial charge >= 0.3 is 0 Å². The maximum absolute atomic E-state index is 11.4. The van der Waals surface area contributed by atoms with Gasteiger partial charge in [-0.15, -0.1) is 0 Å². The van der Waals surface area contributed by atoms with E-state index in [1.165, 1.54) is 6.07 Å². The van der Waals surface area contributed by atoms with Crippen molar-refractivity contribution in [3.8, 4) is 0 Å². The molecule has 1 atom stereocenters. The summed E-state index contributed by atoms with van der Waals surface area (Å²) < 4.78 is 45.1. The molecule has 19 heavy (non-hydrogen) atoms. The smallest absolute Gasteiger partial charge is 0.238 e. The van der Waals surface area contributed by atoms with E-state index in [0.717, 1.165) is 6.26 Å².